The molecule has 1 fully saturated rings. The first kappa shape index (κ1) is 30.1. The lowest BCUT2D eigenvalue weighted by molar-refractivity contribution is -0.140. The zero-order valence-electron chi connectivity index (χ0n) is 23.2. The largest absolute Gasteiger partial charge is 0.497 e. The molecule has 0 radical (unpaired) electrons. The van der Waals surface area contributed by atoms with Crippen molar-refractivity contribution in [2.45, 2.75) is 71.0 Å². The van der Waals surface area contributed by atoms with Crippen LogP contribution in [-0.4, -0.2) is 62.9 Å². The predicted molar refractivity (Wildman–Crippen MR) is 151 cm³/mol. The second-order valence-corrected chi connectivity index (χ2v) is 11.9. The Bertz CT molecular complexity index is 1260. The summed E-state index contributed by atoms with van der Waals surface area (Å²) in [5, 5.41) is 3.12. The van der Waals surface area contributed by atoms with Crippen molar-refractivity contribution >= 4 is 33.3 Å². The minimum atomic E-state index is -3.89. The number of carbonyl (C=O) groups excluding carboxylic acids is 3. The zero-order chi connectivity index (χ0) is 28.6. The van der Waals surface area contributed by atoms with Crippen LogP contribution < -0.4 is 14.4 Å². The summed E-state index contributed by atoms with van der Waals surface area (Å²) in [4.78, 5) is 40.7. The van der Waals surface area contributed by atoms with E-state index in [0.29, 0.717) is 17.7 Å². The number of methoxy groups -OCH3 is 1. The van der Waals surface area contributed by atoms with Gasteiger partial charge in [0.2, 0.25) is 21.8 Å². The lowest BCUT2D eigenvalue weighted by atomic mass is 9.95. The van der Waals surface area contributed by atoms with Crippen LogP contribution in [0.15, 0.2) is 48.5 Å². The molecule has 0 aromatic heterocycles. The van der Waals surface area contributed by atoms with Crippen molar-refractivity contribution in [3.63, 3.8) is 0 Å². The molecule has 0 spiro atoms. The molecular weight excluding hydrogens is 518 g/mol. The Hall–Kier alpha value is -3.40. The highest BCUT2D eigenvalue weighted by atomic mass is 32.2. The molecule has 10 heteroatoms. The number of nitrogens with zero attached hydrogens (tertiary/aromatic N) is 2. The number of anilines is 1. The molecule has 0 saturated heterocycles. The lowest BCUT2D eigenvalue weighted by Crippen LogP contribution is -2.53. The van der Waals surface area contributed by atoms with Gasteiger partial charge in [0, 0.05) is 18.2 Å². The summed E-state index contributed by atoms with van der Waals surface area (Å²) in [5.74, 6) is -0.318. The fraction of sp³-hybridized carbons (Fsp3) is 0.483. The van der Waals surface area contributed by atoms with Crippen LogP contribution in [-0.2, 0) is 26.2 Å². The van der Waals surface area contributed by atoms with Gasteiger partial charge in [-0.05, 0) is 56.0 Å². The molecule has 1 atom stereocenters. The number of Topliss-reactive ketones (excluding diaryl/α,β-unsaturated/α-hetero) is 1. The van der Waals surface area contributed by atoms with Crippen molar-refractivity contribution in [3.8, 4) is 5.75 Å². The minimum Gasteiger partial charge on any atom is -0.497 e. The van der Waals surface area contributed by atoms with Crippen molar-refractivity contribution in [1.29, 1.82) is 0 Å². The Labute approximate surface area is 231 Å². The van der Waals surface area contributed by atoms with Crippen LogP contribution in [0.4, 0.5) is 5.69 Å². The Morgan fingerprint density at radius 1 is 1.05 bits per heavy atom. The molecule has 1 N–H and O–H groups in total. The van der Waals surface area contributed by atoms with E-state index in [-0.39, 0.29) is 30.0 Å². The van der Waals surface area contributed by atoms with E-state index in [0.717, 1.165) is 48.2 Å². The van der Waals surface area contributed by atoms with Crippen LogP contribution in [0.3, 0.4) is 0 Å². The molecule has 0 heterocycles. The molecule has 1 aliphatic carbocycles. The van der Waals surface area contributed by atoms with Crippen LogP contribution >= 0.6 is 0 Å². The van der Waals surface area contributed by atoms with Gasteiger partial charge in [0.15, 0.2) is 5.78 Å². The maximum Gasteiger partial charge on any atom is 0.244 e. The molecule has 2 amide bonds. The minimum absolute atomic E-state index is 0.0695. The van der Waals surface area contributed by atoms with Gasteiger partial charge in [-0.2, -0.15) is 0 Å². The first-order valence-corrected chi connectivity index (χ1v) is 15.2. The summed E-state index contributed by atoms with van der Waals surface area (Å²) in [6.45, 7) is 2.83. The van der Waals surface area contributed by atoms with Crippen LogP contribution in [0, 0.1) is 0 Å². The number of carbonyl (C=O) groups is 3. The summed E-state index contributed by atoms with van der Waals surface area (Å²) in [6, 6.07) is 12.6. The average molecular weight is 558 g/mol. The third-order valence-corrected chi connectivity index (χ3v) is 8.21. The van der Waals surface area contributed by atoms with Gasteiger partial charge in [-0.1, -0.05) is 50.5 Å². The van der Waals surface area contributed by atoms with Gasteiger partial charge in [-0.25, -0.2) is 8.42 Å². The van der Waals surface area contributed by atoms with Crippen LogP contribution in [0.2, 0.25) is 0 Å². The molecule has 0 bridgehead atoms. The van der Waals surface area contributed by atoms with Crippen LogP contribution in [0.1, 0.15) is 68.3 Å². The third-order valence-electron chi connectivity index (χ3n) is 7.07. The number of hydrogen-bond donors (Lipinski definition) is 1. The topological polar surface area (TPSA) is 113 Å². The van der Waals surface area contributed by atoms with E-state index in [9.17, 15) is 22.8 Å². The number of sulfonamides is 1. The lowest BCUT2D eigenvalue weighted by Gasteiger charge is -2.34. The molecule has 2 aromatic carbocycles. The SMILES string of the molecule is CCC(C(=O)NC1CCCCC1)N(Cc1ccc(OC)cc1)C(=O)CN(c1cccc(C(C)=O)c1)S(C)(=O)=O. The summed E-state index contributed by atoms with van der Waals surface area (Å²) in [5.41, 5.74) is 1.32. The van der Waals surface area contributed by atoms with Crippen molar-refractivity contribution in [2.75, 3.05) is 24.2 Å². The van der Waals surface area contributed by atoms with Gasteiger partial charge in [0.1, 0.15) is 18.3 Å². The molecule has 1 unspecified atom stereocenters. The van der Waals surface area contributed by atoms with Gasteiger partial charge in [0.25, 0.3) is 0 Å². The molecule has 3 rings (SSSR count). The second-order valence-electron chi connectivity index (χ2n) is 10.0. The monoisotopic (exact) mass is 557 g/mol. The first-order chi connectivity index (χ1) is 18.5. The van der Waals surface area contributed by atoms with Gasteiger partial charge in [-0.15, -0.1) is 0 Å². The number of benzene rings is 2. The highest BCUT2D eigenvalue weighted by molar-refractivity contribution is 7.92. The highest BCUT2D eigenvalue weighted by Gasteiger charge is 2.33. The molecule has 212 valence electrons. The van der Waals surface area contributed by atoms with E-state index in [2.05, 4.69) is 5.32 Å². The molecule has 0 aliphatic heterocycles. The summed E-state index contributed by atoms with van der Waals surface area (Å²) >= 11 is 0. The van der Waals surface area contributed by atoms with E-state index < -0.39 is 28.5 Å². The number of hydrogen-bond acceptors (Lipinski definition) is 6. The number of rotatable bonds is 12. The van der Waals surface area contributed by atoms with Gasteiger partial charge in [-0.3, -0.25) is 18.7 Å². The average Bonchev–Trinajstić information content (AvgIpc) is 2.91. The maximum atomic E-state index is 13.9. The third kappa shape index (κ3) is 8.29. The van der Waals surface area contributed by atoms with Gasteiger partial charge >= 0.3 is 0 Å². The normalized spacial score (nSPS) is 14.8. The zero-order valence-corrected chi connectivity index (χ0v) is 24.0. The Morgan fingerprint density at radius 2 is 1.72 bits per heavy atom. The first-order valence-electron chi connectivity index (χ1n) is 13.3. The summed E-state index contributed by atoms with van der Waals surface area (Å²) in [7, 11) is -2.32. The fourth-order valence-corrected chi connectivity index (χ4v) is 5.73. The second kappa shape index (κ2) is 13.6. The van der Waals surface area contributed by atoms with E-state index in [1.165, 1.54) is 17.9 Å². The molecule has 1 saturated carbocycles. The van der Waals surface area contributed by atoms with Gasteiger partial charge < -0.3 is 15.0 Å². The van der Waals surface area contributed by atoms with Crippen LogP contribution in [0.25, 0.3) is 0 Å². The van der Waals surface area contributed by atoms with Crippen molar-refractivity contribution in [1.82, 2.24) is 10.2 Å². The van der Waals surface area contributed by atoms with Crippen molar-refractivity contribution in [2.24, 2.45) is 0 Å². The van der Waals surface area contributed by atoms with Crippen LogP contribution in [0.5, 0.6) is 5.75 Å². The molecular formula is C29H39N3O6S. The van der Waals surface area contributed by atoms with E-state index >= 15 is 0 Å². The number of nitrogens with one attached hydrogen (secondary N) is 1. The Balaban J connectivity index is 1.93. The standard InChI is InChI=1S/C29H39N3O6S/c1-5-27(29(35)30-24-11-7-6-8-12-24)31(19-22-14-16-26(38-3)17-15-22)28(34)20-32(39(4,36)37)25-13-9-10-23(18-25)21(2)33/h9-10,13-18,24,27H,5-8,11-12,19-20H2,1-4H3,(H,30,35). The molecule has 1 aliphatic rings. The highest BCUT2D eigenvalue weighted by Crippen LogP contribution is 2.23. The molecule has 2 aromatic rings. The van der Waals surface area contributed by atoms with Crippen molar-refractivity contribution in [3.05, 3.63) is 59.7 Å². The molecule has 39 heavy (non-hydrogen) atoms. The Morgan fingerprint density at radius 3 is 2.28 bits per heavy atom. The van der Waals surface area contributed by atoms with E-state index in [1.807, 2.05) is 19.1 Å². The Kier molecular flexibility index (Phi) is 10.5. The fourth-order valence-electron chi connectivity index (χ4n) is 4.89. The number of ether oxygens (including phenoxy) is 1. The molecule has 9 nitrogen and oxygen atoms in total. The quantitative estimate of drug-likeness (QED) is 0.396. The van der Waals surface area contributed by atoms with E-state index in [1.54, 1.807) is 37.4 Å². The van der Waals surface area contributed by atoms with E-state index in [4.69, 9.17) is 4.74 Å². The predicted octanol–water partition coefficient (Wildman–Crippen LogP) is 3.92. The summed E-state index contributed by atoms with van der Waals surface area (Å²) < 4.78 is 31.8. The number of ketones is 1. The van der Waals surface area contributed by atoms with Crippen molar-refractivity contribution < 1.29 is 27.5 Å². The maximum absolute atomic E-state index is 13.9. The summed E-state index contributed by atoms with van der Waals surface area (Å²) in [6.07, 6.45) is 6.45. The van der Waals surface area contributed by atoms with Gasteiger partial charge in [0.05, 0.1) is 19.1 Å². The number of amides is 2. The smallest absolute Gasteiger partial charge is 0.244 e.